The molecule has 0 aliphatic heterocycles. The van der Waals surface area contributed by atoms with E-state index < -0.39 is 0 Å². The molecule has 4 heteroatoms. The summed E-state index contributed by atoms with van der Waals surface area (Å²) in [6.45, 7) is 2.50. The van der Waals surface area contributed by atoms with E-state index >= 15 is 0 Å². The summed E-state index contributed by atoms with van der Waals surface area (Å²) >= 11 is 0. The summed E-state index contributed by atoms with van der Waals surface area (Å²) in [5, 5.41) is 0.927. The van der Waals surface area contributed by atoms with Crippen LogP contribution in [0.5, 0.6) is 11.5 Å². The third-order valence-corrected chi connectivity index (χ3v) is 3.77. The molecule has 3 rings (SSSR count). The molecule has 0 saturated heterocycles. The summed E-state index contributed by atoms with van der Waals surface area (Å²) in [5.41, 5.74) is 2.50. The molecule has 0 amide bonds. The van der Waals surface area contributed by atoms with Gasteiger partial charge in [0.1, 0.15) is 0 Å². The SMILES string of the molecule is CCOc1ccc(/C=C/C(=O)c2c[nH]c3ccccc23)cc1OC. The normalized spacial score (nSPS) is 11.1. The first-order valence-electron chi connectivity index (χ1n) is 7.82. The van der Waals surface area contributed by atoms with Gasteiger partial charge in [-0.1, -0.05) is 30.3 Å². The summed E-state index contributed by atoms with van der Waals surface area (Å²) < 4.78 is 10.8. The second-order valence-corrected chi connectivity index (χ2v) is 5.29. The van der Waals surface area contributed by atoms with Gasteiger partial charge in [0.2, 0.25) is 0 Å². The van der Waals surface area contributed by atoms with Gasteiger partial charge in [-0.25, -0.2) is 0 Å². The highest BCUT2D eigenvalue weighted by atomic mass is 16.5. The number of ketones is 1. The summed E-state index contributed by atoms with van der Waals surface area (Å²) in [5.74, 6) is 1.30. The van der Waals surface area contributed by atoms with Crippen LogP contribution in [0.15, 0.2) is 54.7 Å². The molecular formula is C20H19NO3. The standard InChI is InChI=1S/C20H19NO3/c1-3-24-19-11-9-14(12-20(19)23-2)8-10-18(22)16-13-21-17-7-5-4-6-15(16)17/h4-13,21H,3H2,1-2H3/b10-8+. The number of para-hydroxylation sites is 1. The van der Waals surface area contributed by atoms with Gasteiger partial charge in [-0.3, -0.25) is 4.79 Å². The van der Waals surface area contributed by atoms with Crippen LogP contribution in [0.4, 0.5) is 0 Å². The minimum Gasteiger partial charge on any atom is -0.493 e. The Morgan fingerprint density at radius 3 is 2.79 bits per heavy atom. The zero-order valence-electron chi connectivity index (χ0n) is 13.7. The number of allylic oxidation sites excluding steroid dienone is 1. The van der Waals surface area contributed by atoms with E-state index in [0.717, 1.165) is 16.5 Å². The summed E-state index contributed by atoms with van der Waals surface area (Å²) in [6, 6.07) is 13.3. The first-order chi connectivity index (χ1) is 11.7. The Morgan fingerprint density at radius 1 is 1.17 bits per heavy atom. The number of rotatable bonds is 6. The Kier molecular flexibility index (Phi) is 4.66. The molecule has 1 aromatic heterocycles. The molecule has 1 heterocycles. The van der Waals surface area contributed by atoms with Crippen molar-refractivity contribution < 1.29 is 14.3 Å². The predicted octanol–water partition coefficient (Wildman–Crippen LogP) is 4.47. The van der Waals surface area contributed by atoms with Gasteiger partial charge in [-0.2, -0.15) is 0 Å². The zero-order valence-corrected chi connectivity index (χ0v) is 13.7. The second kappa shape index (κ2) is 7.04. The van der Waals surface area contributed by atoms with Crippen molar-refractivity contribution in [1.29, 1.82) is 0 Å². The second-order valence-electron chi connectivity index (χ2n) is 5.29. The lowest BCUT2D eigenvalue weighted by Crippen LogP contribution is -1.95. The number of hydrogen-bond donors (Lipinski definition) is 1. The first kappa shape index (κ1) is 15.9. The lowest BCUT2D eigenvalue weighted by molar-refractivity contribution is 0.104. The highest BCUT2D eigenvalue weighted by Gasteiger charge is 2.09. The number of nitrogens with one attached hydrogen (secondary N) is 1. The number of benzene rings is 2. The molecule has 24 heavy (non-hydrogen) atoms. The van der Waals surface area contributed by atoms with E-state index in [1.807, 2.05) is 49.4 Å². The maximum atomic E-state index is 12.5. The van der Waals surface area contributed by atoms with Crippen molar-refractivity contribution >= 4 is 22.8 Å². The fourth-order valence-electron chi connectivity index (χ4n) is 2.60. The molecular weight excluding hydrogens is 302 g/mol. The van der Waals surface area contributed by atoms with Gasteiger partial charge in [0.25, 0.3) is 0 Å². The van der Waals surface area contributed by atoms with Crippen LogP contribution in [0.3, 0.4) is 0 Å². The maximum absolute atomic E-state index is 12.5. The Bertz CT molecular complexity index is 893. The number of hydrogen-bond acceptors (Lipinski definition) is 3. The fraction of sp³-hybridized carbons (Fsp3) is 0.150. The van der Waals surface area contributed by atoms with Crippen molar-refractivity contribution in [2.45, 2.75) is 6.92 Å². The molecule has 0 aliphatic carbocycles. The van der Waals surface area contributed by atoms with E-state index in [1.165, 1.54) is 0 Å². The summed E-state index contributed by atoms with van der Waals surface area (Å²) in [7, 11) is 1.60. The number of carbonyl (C=O) groups is 1. The van der Waals surface area contributed by atoms with E-state index in [2.05, 4.69) is 4.98 Å². The number of aromatic nitrogens is 1. The van der Waals surface area contributed by atoms with E-state index in [1.54, 1.807) is 25.5 Å². The van der Waals surface area contributed by atoms with E-state index in [-0.39, 0.29) is 5.78 Å². The number of methoxy groups -OCH3 is 1. The molecule has 0 spiro atoms. The number of H-pyrrole nitrogens is 1. The predicted molar refractivity (Wildman–Crippen MR) is 95.8 cm³/mol. The van der Waals surface area contributed by atoms with Gasteiger partial charge in [0.05, 0.1) is 13.7 Å². The molecule has 122 valence electrons. The van der Waals surface area contributed by atoms with Crippen LogP contribution >= 0.6 is 0 Å². The average Bonchev–Trinajstić information content (AvgIpc) is 3.05. The Labute approximate surface area is 140 Å². The topological polar surface area (TPSA) is 51.3 Å². The van der Waals surface area contributed by atoms with Crippen LogP contribution in [0.1, 0.15) is 22.8 Å². The fourth-order valence-corrected chi connectivity index (χ4v) is 2.60. The molecule has 0 saturated carbocycles. The highest BCUT2D eigenvalue weighted by molar-refractivity contribution is 6.14. The van der Waals surface area contributed by atoms with Crippen molar-refractivity contribution in [2.75, 3.05) is 13.7 Å². The molecule has 0 aliphatic rings. The van der Waals surface area contributed by atoms with Crippen molar-refractivity contribution in [1.82, 2.24) is 4.98 Å². The van der Waals surface area contributed by atoms with Crippen molar-refractivity contribution in [3.63, 3.8) is 0 Å². The molecule has 3 aromatic rings. The van der Waals surface area contributed by atoms with Gasteiger partial charge in [-0.15, -0.1) is 0 Å². The maximum Gasteiger partial charge on any atom is 0.187 e. The number of fused-ring (bicyclic) bond motifs is 1. The molecule has 0 fully saturated rings. The van der Waals surface area contributed by atoms with E-state index in [0.29, 0.717) is 23.7 Å². The number of aromatic amines is 1. The lowest BCUT2D eigenvalue weighted by Gasteiger charge is -2.09. The number of carbonyl (C=O) groups excluding carboxylic acids is 1. The van der Waals surface area contributed by atoms with Crippen LogP contribution in [0.2, 0.25) is 0 Å². The van der Waals surface area contributed by atoms with Crippen LogP contribution in [-0.4, -0.2) is 24.5 Å². The number of ether oxygens (including phenoxy) is 2. The quantitative estimate of drug-likeness (QED) is 0.538. The Morgan fingerprint density at radius 2 is 2.00 bits per heavy atom. The third-order valence-electron chi connectivity index (χ3n) is 3.77. The minimum absolute atomic E-state index is 0.0414. The molecule has 0 radical (unpaired) electrons. The first-order valence-corrected chi connectivity index (χ1v) is 7.82. The van der Waals surface area contributed by atoms with E-state index in [4.69, 9.17) is 9.47 Å². The van der Waals surface area contributed by atoms with Crippen molar-refractivity contribution in [3.8, 4) is 11.5 Å². The van der Waals surface area contributed by atoms with Gasteiger partial charge in [0.15, 0.2) is 17.3 Å². The zero-order chi connectivity index (χ0) is 16.9. The lowest BCUT2D eigenvalue weighted by atomic mass is 10.1. The largest absolute Gasteiger partial charge is 0.493 e. The van der Waals surface area contributed by atoms with Crippen LogP contribution in [-0.2, 0) is 0 Å². The third kappa shape index (κ3) is 3.18. The highest BCUT2D eigenvalue weighted by Crippen LogP contribution is 2.28. The van der Waals surface area contributed by atoms with Crippen LogP contribution in [0.25, 0.3) is 17.0 Å². The van der Waals surface area contributed by atoms with E-state index in [9.17, 15) is 4.79 Å². The van der Waals surface area contributed by atoms with Crippen molar-refractivity contribution in [2.24, 2.45) is 0 Å². The Balaban J connectivity index is 1.84. The monoisotopic (exact) mass is 321 g/mol. The van der Waals surface area contributed by atoms with Crippen LogP contribution in [0, 0.1) is 0 Å². The molecule has 4 nitrogen and oxygen atoms in total. The van der Waals surface area contributed by atoms with Gasteiger partial charge in [0, 0.05) is 22.7 Å². The smallest absolute Gasteiger partial charge is 0.187 e. The molecule has 2 aromatic carbocycles. The molecule has 0 atom stereocenters. The summed E-state index contributed by atoms with van der Waals surface area (Å²) in [6.07, 6.45) is 5.10. The minimum atomic E-state index is -0.0414. The molecule has 0 bridgehead atoms. The summed E-state index contributed by atoms with van der Waals surface area (Å²) in [4.78, 5) is 15.6. The van der Waals surface area contributed by atoms with Gasteiger partial charge in [-0.05, 0) is 36.8 Å². The molecule has 0 unspecified atom stereocenters. The van der Waals surface area contributed by atoms with Crippen molar-refractivity contribution in [3.05, 3.63) is 65.9 Å². The Hall–Kier alpha value is -3.01. The molecule has 1 N–H and O–H groups in total. The van der Waals surface area contributed by atoms with Crippen LogP contribution < -0.4 is 9.47 Å². The van der Waals surface area contributed by atoms with Gasteiger partial charge >= 0.3 is 0 Å². The van der Waals surface area contributed by atoms with Gasteiger partial charge < -0.3 is 14.5 Å². The average molecular weight is 321 g/mol.